The summed E-state index contributed by atoms with van der Waals surface area (Å²) >= 11 is 0. The number of rotatable bonds is 4. The van der Waals surface area contributed by atoms with E-state index >= 15 is 0 Å². The zero-order valence-corrected chi connectivity index (χ0v) is 11.4. The molecule has 1 saturated carbocycles. The number of esters is 1. The van der Waals surface area contributed by atoms with Gasteiger partial charge in [-0.05, 0) is 30.9 Å². The lowest BCUT2D eigenvalue weighted by Crippen LogP contribution is -2.22. The molecule has 0 saturated heterocycles. The number of ether oxygens (including phenoxy) is 1. The maximum absolute atomic E-state index is 11.8. The van der Waals surface area contributed by atoms with Crippen molar-refractivity contribution < 1.29 is 14.1 Å². The van der Waals surface area contributed by atoms with Gasteiger partial charge >= 0.3 is 5.97 Å². The second kappa shape index (κ2) is 4.70. The molecule has 1 aliphatic carbocycles. The van der Waals surface area contributed by atoms with Gasteiger partial charge in [-0.25, -0.2) is 0 Å². The van der Waals surface area contributed by atoms with Crippen molar-refractivity contribution in [1.29, 1.82) is 0 Å². The molecule has 104 valence electrons. The molecule has 0 N–H and O–H groups in total. The fourth-order valence-electron chi connectivity index (χ4n) is 2.28. The predicted molar refractivity (Wildman–Crippen MR) is 69.8 cm³/mol. The van der Waals surface area contributed by atoms with Crippen molar-refractivity contribution in [2.24, 2.45) is 0 Å². The Labute approximate surface area is 116 Å². The van der Waals surface area contributed by atoms with E-state index in [1.54, 1.807) is 12.4 Å². The molecule has 20 heavy (non-hydrogen) atoms. The minimum absolute atomic E-state index is 0.307. The standard InChI is InChI=1S/C14H15N3O3/c1-3-9-8-15-7-4-10(9)11-16-12(20-17-11)14(5-6-14)13(18)19-2/h4,7-8H,3,5-6H2,1-2H3. The topological polar surface area (TPSA) is 78.1 Å². The van der Waals surface area contributed by atoms with Crippen LogP contribution in [-0.4, -0.2) is 28.2 Å². The van der Waals surface area contributed by atoms with Gasteiger partial charge in [0.25, 0.3) is 0 Å². The molecule has 2 heterocycles. The van der Waals surface area contributed by atoms with E-state index in [0.717, 1.165) is 17.5 Å². The number of aryl methyl sites for hydroxylation is 1. The van der Waals surface area contributed by atoms with Crippen LogP contribution in [0.4, 0.5) is 0 Å². The molecule has 6 nitrogen and oxygen atoms in total. The van der Waals surface area contributed by atoms with E-state index in [1.165, 1.54) is 7.11 Å². The highest BCUT2D eigenvalue weighted by Crippen LogP contribution is 2.48. The summed E-state index contributed by atoms with van der Waals surface area (Å²) in [6, 6.07) is 1.85. The average Bonchev–Trinajstić information content (AvgIpc) is 3.17. The lowest BCUT2D eigenvalue weighted by atomic mass is 10.1. The fourth-order valence-corrected chi connectivity index (χ4v) is 2.28. The van der Waals surface area contributed by atoms with Crippen LogP contribution < -0.4 is 0 Å². The van der Waals surface area contributed by atoms with Gasteiger partial charge in [0, 0.05) is 18.0 Å². The zero-order chi connectivity index (χ0) is 14.2. The normalized spacial score (nSPS) is 15.9. The minimum atomic E-state index is -0.723. The molecule has 6 heteroatoms. The maximum Gasteiger partial charge on any atom is 0.321 e. The monoisotopic (exact) mass is 273 g/mol. The minimum Gasteiger partial charge on any atom is -0.468 e. The molecule has 0 aromatic carbocycles. The molecule has 0 spiro atoms. The Kier molecular flexibility index (Phi) is 3.00. The van der Waals surface area contributed by atoms with Crippen LogP contribution in [0.3, 0.4) is 0 Å². The SMILES string of the molecule is CCc1cnccc1-c1noc(C2(C(=O)OC)CC2)n1. The van der Waals surface area contributed by atoms with Crippen molar-refractivity contribution in [1.82, 2.24) is 15.1 Å². The molecule has 0 unspecified atom stereocenters. The van der Waals surface area contributed by atoms with Crippen molar-refractivity contribution in [2.45, 2.75) is 31.6 Å². The molecule has 1 aliphatic rings. The second-order valence-corrected chi connectivity index (χ2v) is 4.88. The Morgan fingerprint density at radius 3 is 2.95 bits per heavy atom. The van der Waals surface area contributed by atoms with Crippen LogP contribution in [0.2, 0.25) is 0 Å². The van der Waals surface area contributed by atoms with Crippen LogP contribution in [0, 0.1) is 0 Å². The third-order valence-corrected chi connectivity index (χ3v) is 3.69. The summed E-state index contributed by atoms with van der Waals surface area (Å²) < 4.78 is 10.1. The van der Waals surface area contributed by atoms with Crippen LogP contribution >= 0.6 is 0 Å². The lowest BCUT2D eigenvalue weighted by Gasteiger charge is -2.06. The first-order valence-electron chi connectivity index (χ1n) is 6.57. The highest BCUT2D eigenvalue weighted by molar-refractivity contribution is 5.85. The molecule has 0 amide bonds. The quantitative estimate of drug-likeness (QED) is 0.792. The van der Waals surface area contributed by atoms with E-state index in [1.807, 2.05) is 13.0 Å². The predicted octanol–water partition coefficient (Wildman–Crippen LogP) is 1.90. The van der Waals surface area contributed by atoms with Gasteiger partial charge in [-0.15, -0.1) is 0 Å². The molecule has 3 rings (SSSR count). The number of carbonyl (C=O) groups is 1. The van der Waals surface area contributed by atoms with Gasteiger partial charge < -0.3 is 9.26 Å². The molecular formula is C14H15N3O3. The van der Waals surface area contributed by atoms with Crippen LogP contribution in [0.5, 0.6) is 0 Å². The number of carbonyl (C=O) groups excluding carboxylic acids is 1. The van der Waals surface area contributed by atoms with E-state index < -0.39 is 5.41 Å². The molecule has 0 bridgehead atoms. The number of hydrogen-bond donors (Lipinski definition) is 0. The number of nitrogens with zero attached hydrogens (tertiary/aromatic N) is 3. The third-order valence-electron chi connectivity index (χ3n) is 3.69. The van der Waals surface area contributed by atoms with E-state index in [0.29, 0.717) is 24.6 Å². The van der Waals surface area contributed by atoms with Crippen molar-refractivity contribution >= 4 is 5.97 Å². The molecule has 2 aromatic rings. The van der Waals surface area contributed by atoms with Crippen LogP contribution in [-0.2, 0) is 21.4 Å². The third kappa shape index (κ3) is 1.88. The second-order valence-electron chi connectivity index (χ2n) is 4.88. The Morgan fingerprint density at radius 2 is 2.30 bits per heavy atom. The van der Waals surface area contributed by atoms with Gasteiger partial charge in [0.15, 0.2) is 0 Å². The molecule has 0 aliphatic heterocycles. The molecule has 1 fully saturated rings. The van der Waals surface area contributed by atoms with Crippen molar-refractivity contribution in [3.63, 3.8) is 0 Å². The lowest BCUT2D eigenvalue weighted by molar-refractivity contribution is -0.144. The Bertz CT molecular complexity index is 647. The van der Waals surface area contributed by atoms with E-state index in [9.17, 15) is 4.79 Å². The fraction of sp³-hybridized carbons (Fsp3) is 0.429. The first kappa shape index (κ1) is 12.8. The summed E-state index contributed by atoms with van der Waals surface area (Å²) in [6.45, 7) is 2.04. The largest absolute Gasteiger partial charge is 0.468 e. The average molecular weight is 273 g/mol. The van der Waals surface area contributed by atoms with Crippen LogP contribution in [0.15, 0.2) is 23.0 Å². The maximum atomic E-state index is 11.8. The number of pyridine rings is 1. The molecule has 0 radical (unpaired) electrons. The number of aromatic nitrogens is 3. The van der Waals surface area contributed by atoms with Gasteiger partial charge in [0.1, 0.15) is 5.41 Å². The number of methoxy groups -OCH3 is 1. The first-order chi connectivity index (χ1) is 9.71. The summed E-state index contributed by atoms with van der Waals surface area (Å²) in [5, 5.41) is 4.00. The summed E-state index contributed by atoms with van der Waals surface area (Å²) in [7, 11) is 1.37. The summed E-state index contributed by atoms with van der Waals surface area (Å²) in [6.07, 6.45) is 5.70. The van der Waals surface area contributed by atoms with Crippen molar-refractivity contribution in [3.05, 3.63) is 29.9 Å². The molecule has 0 atom stereocenters. The van der Waals surface area contributed by atoms with Gasteiger partial charge in [-0.2, -0.15) is 4.98 Å². The molecular weight excluding hydrogens is 258 g/mol. The van der Waals surface area contributed by atoms with Crippen molar-refractivity contribution in [2.75, 3.05) is 7.11 Å². The van der Waals surface area contributed by atoms with Gasteiger partial charge in [0.2, 0.25) is 11.7 Å². The highest BCUT2D eigenvalue weighted by atomic mass is 16.5. The number of hydrogen-bond acceptors (Lipinski definition) is 6. The van der Waals surface area contributed by atoms with Gasteiger partial charge in [0.05, 0.1) is 7.11 Å². The van der Waals surface area contributed by atoms with Crippen LogP contribution in [0.25, 0.3) is 11.4 Å². The van der Waals surface area contributed by atoms with E-state index in [2.05, 4.69) is 15.1 Å². The zero-order valence-electron chi connectivity index (χ0n) is 11.4. The molecule has 2 aromatic heterocycles. The smallest absolute Gasteiger partial charge is 0.321 e. The summed E-state index contributed by atoms with van der Waals surface area (Å²) in [4.78, 5) is 20.3. The van der Waals surface area contributed by atoms with Crippen molar-refractivity contribution in [3.8, 4) is 11.4 Å². The Hall–Kier alpha value is -2.24. The summed E-state index contributed by atoms with van der Waals surface area (Å²) in [5.74, 6) is 0.533. The van der Waals surface area contributed by atoms with Gasteiger partial charge in [-0.1, -0.05) is 12.1 Å². The highest BCUT2D eigenvalue weighted by Gasteiger charge is 2.57. The first-order valence-corrected chi connectivity index (χ1v) is 6.57. The van der Waals surface area contributed by atoms with Crippen LogP contribution in [0.1, 0.15) is 31.2 Å². The van der Waals surface area contributed by atoms with E-state index in [4.69, 9.17) is 9.26 Å². The Morgan fingerprint density at radius 1 is 1.50 bits per heavy atom. The van der Waals surface area contributed by atoms with E-state index in [-0.39, 0.29) is 5.97 Å². The van der Waals surface area contributed by atoms with Gasteiger partial charge in [-0.3, -0.25) is 9.78 Å². The summed E-state index contributed by atoms with van der Waals surface area (Å²) in [5.41, 5.74) is 1.21. The Balaban J connectivity index is 1.97.